The van der Waals surface area contributed by atoms with Crippen molar-refractivity contribution in [1.82, 2.24) is 10.2 Å². The molecule has 1 saturated heterocycles. The van der Waals surface area contributed by atoms with Crippen molar-refractivity contribution in [2.24, 2.45) is 0 Å². The summed E-state index contributed by atoms with van der Waals surface area (Å²) in [6.07, 6.45) is 0.170. The molecule has 1 aliphatic heterocycles. The van der Waals surface area contributed by atoms with Gasteiger partial charge in [0.2, 0.25) is 5.91 Å². The van der Waals surface area contributed by atoms with Gasteiger partial charge in [-0.15, -0.1) is 0 Å². The number of urea groups is 1. The molecule has 1 aliphatic rings. The molecule has 4 amide bonds. The summed E-state index contributed by atoms with van der Waals surface area (Å²) < 4.78 is 5.01. The molecule has 7 heteroatoms. The van der Waals surface area contributed by atoms with Gasteiger partial charge in [0.1, 0.15) is 0 Å². The first-order valence-corrected chi connectivity index (χ1v) is 6.39. The topological polar surface area (TPSA) is 95.9 Å². The third-order valence-electron chi connectivity index (χ3n) is 3.79. The number of benzene rings is 1. The minimum Gasteiger partial charge on any atom is -0.504 e. The molecule has 0 bridgehead atoms. The van der Waals surface area contributed by atoms with E-state index in [1.165, 1.54) is 32.4 Å². The van der Waals surface area contributed by atoms with Crippen LogP contribution in [0.1, 0.15) is 18.9 Å². The minimum absolute atomic E-state index is 0.0967. The molecular weight excluding hydrogens is 276 g/mol. The molecule has 0 radical (unpaired) electrons. The summed E-state index contributed by atoms with van der Waals surface area (Å²) in [6, 6.07) is 3.50. The first-order chi connectivity index (χ1) is 9.88. The van der Waals surface area contributed by atoms with Crippen LogP contribution in [0, 0.1) is 0 Å². The summed E-state index contributed by atoms with van der Waals surface area (Å²) in [5, 5.41) is 11.8. The molecule has 1 aromatic carbocycles. The van der Waals surface area contributed by atoms with Crippen molar-refractivity contribution in [3.05, 3.63) is 23.8 Å². The maximum Gasteiger partial charge on any atom is 0.330 e. The van der Waals surface area contributed by atoms with Gasteiger partial charge in [0, 0.05) is 7.05 Å². The average molecular weight is 292 g/mol. The number of methoxy groups -OCH3 is 1. The molecule has 1 unspecified atom stereocenters. The zero-order valence-corrected chi connectivity index (χ0v) is 12.0. The van der Waals surface area contributed by atoms with E-state index in [1.807, 2.05) is 0 Å². The van der Waals surface area contributed by atoms with Gasteiger partial charge >= 0.3 is 6.03 Å². The fourth-order valence-corrected chi connectivity index (χ4v) is 2.48. The van der Waals surface area contributed by atoms with Gasteiger partial charge in [0.25, 0.3) is 5.91 Å². The fraction of sp³-hybridized carbons (Fsp3) is 0.357. The molecule has 2 rings (SSSR count). The standard InChI is InChI=1S/C14H16N2O5/c1-4-14(8-5-6-9(17)10(7-8)21-3)11(18)15-13(20)16(2)12(14)19/h5-7,17H,4H2,1-3H3,(H,15,18,20). The van der Waals surface area contributed by atoms with Crippen molar-refractivity contribution in [3.63, 3.8) is 0 Å². The molecule has 2 N–H and O–H groups in total. The van der Waals surface area contributed by atoms with Gasteiger partial charge in [-0.3, -0.25) is 19.8 Å². The number of amides is 4. The molecule has 1 fully saturated rings. The molecule has 0 aromatic heterocycles. The van der Waals surface area contributed by atoms with E-state index in [4.69, 9.17) is 4.74 Å². The highest BCUT2D eigenvalue weighted by Crippen LogP contribution is 2.37. The van der Waals surface area contributed by atoms with Gasteiger partial charge in [-0.05, 0) is 24.1 Å². The number of phenolic OH excluding ortho intramolecular Hbond substituents is 1. The molecule has 0 aliphatic carbocycles. The summed E-state index contributed by atoms with van der Waals surface area (Å²) in [5.41, 5.74) is -1.15. The van der Waals surface area contributed by atoms with E-state index in [1.54, 1.807) is 6.92 Å². The monoisotopic (exact) mass is 292 g/mol. The predicted molar refractivity (Wildman–Crippen MR) is 72.9 cm³/mol. The van der Waals surface area contributed by atoms with Crippen LogP contribution in [0.25, 0.3) is 0 Å². The van der Waals surface area contributed by atoms with Crippen molar-refractivity contribution in [1.29, 1.82) is 0 Å². The zero-order chi connectivity index (χ0) is 15.8. The highest BCUT2D eigenvalue weighted by molar-refractivity contribution is 6.22. The summed E-state index contributed by atoms with van der Waals surface area (Å²) in [5.74, 6) is -1.22. The number of phenols is 1. The summed E-state index contributed by atoms with van der Waals surface area (Å²) >= 11 is 0. The molecule has 1 atom stereocenters. The number of nitrogens with one attached hydrogen (secondary N) is 1. The Morgan fingerprint density at radius 3 is 2.57 bits per heavy atom. The van der Waals surface area contributed by atoms with E-state index >= 15 is 0 Å². The lowest BCUT2D eigenvalue weighted by molar-refractivity contribution is -0.144. The molecular formula is C14H16N2O5. The summed E-state index contributed by atoms with van der Waals surface area (Å²) in [4.78, 5) is 37.3. The number of ether oxygens (including phenoxy) is 1. The Labute approximate surface area is 121 Å². The number of likely N-dealkylation sites (N-methyl/N-ethyl adjacent to an activating group) is 1. The van der Waals surface area contributed by atoms with E-state index in [0.717, 1.165) is 4.90 Å². The van der Waals surface area contributed by atoms with Crippen molar-refractivity contribution in [3.8, 4) is 11.5 Å². The van der Waals surface area contributed by atoms with Crippen LogP contribution >= 0.6 is 0 Å². The van der Waals surface area contributed by atoms with Crippen molar-refractivity contribution in [2.75, 3.05) is 14.2 Å². The highest BCUT2D eigenvalue weighted by Gasteiger charge is 2.53. The van der Waals surface area contributed by atoms with E-state index in [-0.39, 0.29) is 17.9 Å². The lowest BCUT2D eigenvalue weighted by Gasteiger charge is -2.37. The maximum absolute atomic E-state index is 12.5. The van der Waals surface area contributed by atoms with Gasteiger partial charge < -0.3 is 9.84 Å². The number of rotatable bonds is 3. The van der Waals surface area contributed by atoms with Crippen LogP contribution in [0.4, 0.5) is 4.79 Å². The Bertz CT molecular complexity index is 628. The van der Waals surface area contributed by atoms with Crippen LogP contribution < -0.4 is 10.1 Å². The lowest BCUT2D eigenvalue weighted by Crippen LogP contribution is -2.64. The third kappa shape index (κ3) is 2.01. The number of barbiturate groups is 1. The largest absolute Gasteiger partial charge is 0.504 e. The Morgan fingerprint density at radius 1 is 1.33 bits per heavy atom. The Balaban J connectivity index is 2.63. The summed E-state index contributed by atoms with van der Waals surface area (Å²) in [6.45, 7) is 1.68. The van der Waals surface area contributed by atoms with Gasteiger partial charge in [-0.2, -0.15) is 0 Å². The van der Waals surface area contributed by atoms with Crippen molar-refractivity contribution < 1.29 is 24.2 Å². The number of hydrogen-bond acceptors (Lipinski definition) is 5. The minimum atomic E-state index is -1.51. The van der Waals surface area contributed by atoms with Gasteiger partial charge in [-0.25, -0.2) is 4.79 Å². The average Bonchev–Trinajstić information content (AvgIpc) is 2.47. The SMILES string of the molecule is CCC1(c2ccc(O)c(OC)c2)C(=O)NC(=O)N(C)C1=O. The normalized spacial score (nSPS) is 22.2. The molecule has 1 aromatic rings. The second kappa shape index (κ2) is 5.08. The zero-order valence-electron chi connectivity index (χ0n) is 12.0. The van der Waals surface area contributed by atoms with Crippen LogP contribution in [-0.2, 0) is 15.0 Å². The van der Waals surface area contributed by atoms with Gasteiger partial charge in [0.15, 0.2) is 16.9 Å². The second-order valence-corrected chi connectivity index (χ2v) is 4.77. The number of nitrogens with zero attached hydrogens (tertiary/aromatic N) is 1. The molecule has 1 heterocycles. The summed E-state index contributed by atoms with van der Waals surface area (Å²) in [7, 11) is 2.68. The van der Waals surface area contributed by atoms with E-state index < -0.39 is 23.3 Å². The number of carbonyl (C=O) groups excluding carboxylic acids is 3. The molecule has 0 saturated carbocycles. The Kier molecular flexibility index (Phi) is 3.59. The lowest BCUT2D eigenvalue weighted by atomic mass is 9.74. The van der Waals surface area contributed by atoms with E-state index in [2.05, 4.69) is 5.32 Å². The molecule has 0 spiro atoms. The van der Waals surface area contributed by atoms with Crippen LogP contribution in [0.5, 0.6) is 11.5 Å². The van der Waals surface area contributed by atoms with E-state index in [0.29, 0.717) is 5.56 Å². The van der Waals surface area contributed by atoms with Crippen LogP contribution in [0.15, 0.2) is 18.2 Å². The number of hydrogen-bond donors (Lipinski definition) is 2. The predicted octanol–water partition coefficient (Wildman–Crippen LogP) is 0.757. The molecule has 112 valence electrons. The van der Waals surface area contributed by atoms with Crippen molar-refractivity contribution in [2.45, 2.75) is 18.8 Å². The van der Waals surface area contributed by atoms with Gasteiger partial charge in [0.05, 0.1) is 7.11 Å². The van der Waals surface area contributed by atoms with Gasteiger partial charge in [-0.1, -0.05) is 13.0 Å². The van der Waals surface area contributed by atoms with Crippen LogP contribution in [0.2, 0.25) is 0 Å². The number of carbonyl (C=O) groups is 3. The first-order valence-electron chi connectivity index (χ1n) is 6.39. The van der Waals surface area contributed by atoms with Crippen LogP contribution in [-0.4, -0.2) is 42.0 Å². The molecule has 21 heavy (non-hydrogen) atoms. The first kappa shape index (κ1) is 14.8. The Hall–Kier alpha value is -2.57. The smallest absolute Gasteiger partial charge is 0.330 e. The number of imide groups is 2. The van der Waals surface area contributed by atoms with Crippen molar-refractivity contribution >= 4 is 17.8 Å². The number of aromatic hydroxyl groups is 1. The third-order valence-corrected chi connectivity index (χ3v) is 3.79. The molecule has 7 nitrogen and oxygen atoms in total. The quantitative estimate of drug-likeness (QED) is 0.802. The maximum atomic E-state index is 12.5. The highest BCUT2D eigenvalue weighted by atomic mass is 16.5. The Morgan fingerprint density at radius 2 is 2.00 bits per heavy atom. The second-order valence-electron chi connectivity index (χ2n) is 4.77. The fourth-order valence-electron chi connectivity index (χ4n) is 2.48. The van der Waals surface area contributed by atoms with E-state index in [9.17, 15) is 19.5 Å². The van der Waals surface area contributed by atoms with Crippen LogP contribution in [0.3, 0.4) is 0 Å².